The van der Waals surface area contributed by atoms with Crippen molar-refractivity contribution in [1.29, 1.82) is 0 Å². The fraction of sp³-hybridized carbons (Fsp3) is 0.706. The van der Waals surface area contributed by atoms with Crippen molar-refractivity contribution in [2.24, 2.45) is 0 Å². The van der Waals surface area contributed by atoms with Gasteiger partial charge >= 0.3 is 0 Å². The maximum absolute atomic E-state index is 3.21. The van der Waals surface area contributed by atoms with Crippen LogP contribution in [0.3, 0.4) is 0 Å². The molecule has 0 heteroatoms. The number of hydrogen-bond donors (Lipinski definition) is 0. The van der Waals surface area contributed by atoms with Gasteiger partial charge in [0.15, 0.2) is 0 Å². The van der Waals surface area contributed by atoms with Gasteiger partial charge in [-0.25, -0.2) is 0 Å². The topological polar surface area (TPSA) is 0 Å². The quantitative estimate of drug-likeness (QED) is 0.357. The molecule has 0 amide bonds. The first-order valence-corrected chi connectivity index (χ1v) is 7.47. The van der Waals surface area contributed by atoms with Crippen LogP contribution in [0, 0.1) is 6.42 Å². The highest BCUT2D eigenvalue weighted by Crippen LogP contribution is 2.04. The van der Waals surface area contributed by atoms with Gasteiger partial charge in [-0.15, -0.1) is 0 Å². The lowest BCUT2D eigenvalue weighted by Crippen LogP contribution is -1.74. The van der Waals surface area contributed by atoms with Gasteiger partial charge in [0.2, 0.25) is 0 Å². The normalized spacial score (nSPS) is 11.9. The third-order valence-electron chi connectivity index (χ3n) is 2.88. The van der Waals surface area contributed by atoms with Crippen LogP contribution in [0.5, 0.6) is 0 Å². The molecule has 0 saturated heterocycles. The minimum absolute atomic E-state index is 1.21. The predicted molar refractivity (Wildman–Crippen MR) is 79.0 cm³/mol. The lowest BCUT2D eigenvalue weighted by atomic mass is 10.1. The van der Waals surface area contributed by atoms with E-state index in [-0.39, 0.29) is 0 Å². The highest BCUT2D eigenvalue weighted by Gasteiger charge is 1.85. The molecule has 0 fully saturated rings. The summed E-state index contributed by atoms with van der Waals surface area (Å²) in [5.74, 6) is 0. The third kappa shape index (κ3) is 15.5. The largest absolute Gasteiger partial charge is 0.0876 e. The van der Waals surface area contributed by atoms with E-state index in [2.05, 4.69) is 44.6 Å². The SMILES string of the molecule is CCCCCCC=C[C]C=CCCCCCC. The first-order valence-electron chi connectivity index (χ1n) is 7.47. The summed E-state index contributed by atoms with van der Waals surface area (Å²) in [5.41, 5.74) is 0. The summed E-state index contributed by atoms with van der Waals surface area (Å²) < 4.78 is 0. The van der Waals surface area contributed by atoms with Crippen LogP contribution in [0.15, 0.2) is 24.3 Å². The average Bonchev–Trinajstić information content (AvgIpc) is 2.35. The Hall–Kier alpha value is -0.520. The molecular formula is C17H30. The highest BCUT2D eigenvalue weighted by molar-refractivity contribution is 5.08. The molecular weight excluding hydrogens is 204 g/mol. The molecule has 0 bridgehead atoms. The average molecular weight is 234 g/mol. The van der Waals surface area contributed by atoms with Gasteiger partial charge < -0.3 is 0 Å². The fourth-order valence-electron chi connectivity index (χ4n) is 1.74. The Morgan fingerprint density at radius 2 is 1.12 bits per heavy atom. The van der Waals surface area contributed by atoms with Crippen molar-refractivity contribution in [2.45, 2.75) is 78.1 Å². The van der Waals surface area contributed by atoms with E-state index in [0.717, 1.165) is 0 Å². The standard InChI is InChI=1S/C17H30/c1-3-5-7-9-11-13-15-17-16-14-12-10-8-6-4-2/h13-16H,3-12H2,1-2H3. The van der Waals surface area contributed by atoms with Gasteiger partial charge in [-0.1, -0.05) is 76.7 Å². The van der Waals surface area contributed by atoms with Crippen molar-refractivity contribution in [3.63, 3.8) is 0 Å². The third-order valence-corrected chi connectivity index (χ3v) is 2.88. The van der Waals surface area contributed by atoms with Gasteiger partial charge in [0.1, 0.15) is 0 Å². The maximum atomic E-state index is 3.21. The van der Waals surface area contributed by atoms with Gasteiger partial charge in [-0.3, -0.25) is 0 Å². The molecule has 0 unspecified atom stereocenters. The molecule has 0 aromatic carbocycles. The zero-order chi connectivity index (χ0) is 12.6. The second-order valence-electron chi connectivity index (χ2n) is 4.67. The molecule has 0 aromatic rings. The second kappa shape index (κ2) is 15.5. The molecule has 0 rings (SSSR count). The second-order valence-corrected chi connectivity index (χ2v) is 4.67. The van der Waals surface area contributed by atoms with Crippen LogP contribution in [0.25, 0.3) is 0 Å². The van der Waals surface area contributed by atoms with E-state index in [1.54, 1.807) is 0 Å². The van der Waals surface area contributed by atoms with Gasteiger partial charge in [-0.05, 0) is 25.7 Å². The summed E-state index contributed by atoms with van der Waals surface area (Å²) in [5, 5.41) is 0. The summed E-state index contributed by atoms with van der Waals surface area (Å²) in [6.45, 7) is 4.51. The summed E-state index contributed by atoms with van der Waals surface area (Å²) in [6, 6.07) is 0. The summed E-state index contributed by atoms with van der Waals surface area (Å²) >= 11 is 0. The molecule has 0 atom stereocenters. The Balaban J connectivity index is 3.14. The first kappa shape index (κ1) is 16.5. The summed E-state index contributed by atoms with van der Waals surface area (Å²) in [4.78, 5) is 0. The monoisotopic (exact) mass is 234 g/mol. The van der Waals surface area contributed by atoms with Crippen LogP contribution in [-0.4, -0.2) is 0 Å². The Morgan fingerprint density at radius 3 is 1.53 bits per heavy atom. The number of unbranched alkanes of at least 4 members (excludes halogenated alkanes) is 8. The lowest BCUT2D eigenvalue weighted by molar-refractivity contribution is 0.674. The Kier molecular flexibility index (Phi) is 15.0. The van der Waals surface area contributed by atoms with Crippen LogP contribution in [-0.2, 0) is 0 Å². The van der Waals surface area contributed by atoms with Crippen LogP contribution in [0.2, 0.25) is 0 Å². The van der Waals surface area contributed by atoms with Crippen LogP contribution < -0.4 is 0 Å². The van der Waals surface area contributed by atoms with E-state index < -0.39 is 0 Å². The van der Waals surface area contributed by atoms with E-state index in [4.69, 9.17) is 0 Å². The molecule has 0 aliphatic rings. The molecule has 0 N–H and O–H groups in total. The maximum Gasteiger partial charge on any atom is 0.0337 e. The van der Waals surface area contributed by atoms with Gasteiger partial charge in [0.25, 0.3) is 0 Å². The number of allylic oxidation sites excluding steroid dienone is 4. The molecule has 0 spiro atoms. The summed E-state index contributed by atoms with van der Waals surface area (Å²) in [7, 11) is 0. The molecule has 0 aliphatic heterocycles. The highest BCUT2D eigenvalue weighted by atomic mass is 13.9. The summed E-state index contributed by atoms with van der Waals surface area (Å²) in [6.07, 6.45) is 25.0. The molecule has 0 aliphatic carbocycles. The van der Waals surface area contributed by atoms with Gasteiger partial charge in [-0.2, -0.15) is 0 Å². The Morgan fingerprint density at radius 1 is 0.647 bits per heavy atom. The minimum Gasteiger partial charge on any atom is -0.0876 e. The van der Waals surface area contributed by atoms with Gasteiger partial charge in [0.05, 0.1) is 0 Å². The van der Waals surface area contributed by atoms with Crippen molar-refractivity contribution in [1.82, 2.24) is 0 Å². The van der Waals surface area contributed by atoms with Gasteiger partial charge in [0, 0.05) is 6.42 Å². The molecule has 0 saturated carbocycles. The van der Waals surface area contributed by atoms with Crippen molar-refractivity contribution in [2.75, 3.05) is 0 Å². The molecule has 2 radical (unpaired) electrons. The predicted octanol–water partition coefficient (Wildman–Crippen LogP) is 6.12. The molecule has 0 aromatic heterocycles. The molecule has 0 heterocycles. The lowest BCUT2D eigenvalue weighted by Gasteiger charge is -1.94. The van der Waals surface area contributed by atoms with E-state index in [9.17, 15) is 0 Å². The number of hydrogen-bond acceptors (Lipinski definition) is 0. The molecule has 0 nitrogen and oxygen atoms in total. The minimum atomic E-state index is 1.21. The molecule has 17 heavy (non-hydrogen) atoms. The molecule has 98 valence electrons. The van der Waals surface area contributed by atoms with E-state index in [0.29, 0.717) is 0 Å². The van der Waals surface area contributed by atoms with E-state index in [1.807, 2.05) is 0 Å². The zero-order valence-electron chi connectivity index (χ0n) is 11.9. The van der Waals surface area contributed by atoms with Crippen LogP contribution >= 0.6 is 0 Å². The zero-order valence-corrected chi connectivity index (χ0v) is 11.9. The van der Waals surface area contributed by atoms with Crippen molar-refractivity contribution in [3.05, 3.63) is 30.7 Å². The van der Waals surface area contributed by atoms with Crippen molar-refractivity contribution < 1.29 is 0 Å². The van der Waals surface area contributed by atoms with E-state index >= 15 is 0 Å². The van der Waals surface area contributed by atoms with Crippen LogP contribution in [0.4, 0.5) is 0 Å². The smallest absolute Gasteiger partial charge is 0.0337 e. The Bertz CT molecular complexity index is 156. The van der Waals surface area contributed by atoms with E-state index in [1.165, 1.54) is 64.2 Å². The van der Waals surface area contributed by atoms with Crippen molar-refractivity contribution in [3.8, 4) is 0 Å². The first-order chi connectivity index (χ1) is 8.41. The fourth-order valence-corrected chi connectivity index (χ4v) is 1.74. The van der Waals surface area contributed by atoms with Crippen molar-refractivity contribution >= 4 is 0 Å². The van der Waals surface area contributed by atoms with Crippen LogP contribution in [0.1, 0.15) is 78.1 Å². The number of rotatable bonds is 12. The Labute approximate surface area is 109 Å².